The number of ether oxygens (including phenoxy) is 1. The van der Waals surface area contributed by atoms with E-state index in [0.717, 1.165) is 22.6 Å². The lowest BCUT2D eigenvalue weighted by molar-refractivity contribution is -0.113. The molecule has 30 heavy (non-hydrogen) atoms. The number of aliphatic imine (C=N–C) groups is 1. The van der Waals surface area contributed by atoms with E-state index in [9.17, 15) is 4.79 Å². The summed E-state index contributed by atoms with van der Waals surface area (Å²) in [5.74, 6) is 0.601. The number of halogens is 1. The quantitative estimate of drug-likeness (QED) is 0.375. The number of nitrogens with zero attached hydrogens (tertiary/aromatic N) is 3. The summed E-state index contributed by atoms with van der Waals surface area (Å²) in [7, 11) is 1.62. The van der Waals surface area contributed by atoms with Crippen LogP contribution in [0.3, 0.4) is 0 Å². The molecule has 1 saturated heterocycles. The number of amidine groups is 1. The third-order valence-corrected chi connectivity index (χ3v) is 6.03. The van der Waals surface area contributed by atoms with Gasteiger partial charge in [-0.15, -0.1) is 0 Å². The van der Waals surface area contributed by atoms with Crippen LogP contribution in [0.15, 0.2) is 82.8 Å². The Morgan fingerprint density at radius 3 is 2.63 bits per heavy atom. The van der Waals surface area contributed by atoms with Gasteiger partial charge < -0.3 is 4.74 Å². The van der Waals surface area contributed by atoms with E-state index in [1.807, 2.05) is 61.5 Å². The SMILES string of the molecule is COc1cccc(/C(C)=C2\SC(=Nc3cccnc3Cl)N(c3ccccc3)C2=O)c1. The van der Waals surface area contributed by atoms with Gasteiger partial charge in [0.15, 0.2) is 10.3 Å². The number of anilines is 1. The summed E-state index contributed by atoms with van der Waals surface area (Å²) in [4.78, 5) is 24.4. The first kappa shape index (κ1) is 20.2. The van der Waals surface area contributed by atoms with E-state index in [1.54, 1.807) is 30.3 Å². The Morgan fingerprint density at radius 1 is 1.10 bits per heavy atom. The lowest BCUT2D eigenvalue weighted by Gasteiger charge is -2.15. The van der Waals surface area contributed by atoms with E-state index in [0.29, 0.717) is 15.8 Å². The number of carbonyl (C=O) groups excluding carboxylic acids is 1. The second kappa shape index (κ2) is 8.73. The maximum atomic E-state index is 13.4. The van der Waals surface area contributed by atoms with Crippen molar-refractivity contribution in [2.45, 2.75) is 6.92 Å². The molecule has 1 amide bonds. The lowest BCUT2D eigenvalue weighted by atomic mass is 10.1. The fourth-order valence-corrected chi connectivity index (χ4v) is 4.25. The Labute approximate surface area is 184 Å². The number of pyridine rings is 1. The molecular formula is C23H18ClN3O2S. The van der Waals surface area contributed by atoms with Crippen molar-refractivity contribution in [3.8, 4) is 5.75 Å². The van der Waals surface area contributed by atoms with Crippen LogP contribution in [0, 0.1) is 0 Å². The topological polar surface area (TPSA) is 54.8 Å². The average molecular weight is 436 g/mol. The van der Waals surface area contributed by atoms with Crippen LogP contribution in [-0.4, -0.2) is 23.2 Å². The first-order valence-corrected chi connectivity index (χ1v) is 10.4. The predicted molar refractivity (Wildman–Crippen MR) is 123 cm³/mol. The number of thioether (sulfide) groups is 1. The monoisotopic (exact) mass is 435 g/mol. The number of carbonyl (C=O) groups is 1. The smallest absolute Gasteiger partial charge is 0.271 e. The maximum absolute atomic E-state index is 13.4. The minimum Gasteiger partial charge on any atom is -0.497 e. The minimum atomic E-state index is -0.134. The van der Waals surface area contributed by atoms with Crippen LogP contribution in [-0.2, 0) is 4.79 Å². The van der Waals surface area contributed by atoms with Crippen LogP contribution >= 0.6 is 23.4 Å². The first-order valence-electron chi connectivity index (χ1n) is 9.20. The molecule has 0 bridgehead atoms. The van der Waals surface area contributed by atoms with Gasteiger partial charge in [-0.1, -0.05) is 41.9 Å². The fourth-order valence-electron chi connectivity index (χ4n) is 3.03. The fraction of sp³-hybridized carbons (Fsp3) is 0.0870. The summed E-state index contributed by atoms with van der Waals surface area (Å²) >= 11 is 7.52. The zero-order chi connectivity index (χ0) is 21.1. The maximum Gasteiger partial charge on any atom is 0.271 e. The van der Waals surface area contributed by atoms with Crippen molar-refractivity contribution in [1.82, 2.24) is 4.98 Å². The van der Waals surface area contributed by atoms with Crippen LogP contribution < -0.4 is 9.64 Å². The second-order valence-electron chi connectivity index (χ2n) is 6.47. The summed E-state index contributed by atoms with van der Waals surface area (Å²) in [6, 6.07) is 20.6. The van der Waals surface area contributed by atoms with E-state index < -0.39 is 0 Å². The summed E-state index contributed by atoms with van der Waals surface area (Å²) in [5.41, 5.74) is 3.02. The Hall–Kier alpha value is -3.09. The molecule has 0 aliphatic carbocycles. The molecule has 1 aliphatic rings. The third-order valence-electron chi connectivity index (χ3n) is 4.60. The van der Waals surface area contributed by atoms with Crippen LogP contribution in [0.25, 0.3) is 5.57 Å². The Bertz CT molecular complexity index is 1160. The summed E-state index contributed by atoms with van der Waals surface area (Å²) < 4.78 is 5.33. The van der Waals surface area contributed by atoms with E-state index >= 15 is 0 Å². The number of benzene rings is 2. The van der Waals surface area contributed by atoms with Crippen molar-refractivity contribution in [3.63, 3.8) is 0 Å². The number of allylic oxidation sites excluding steroid dienone is 1. The van der Waals surface area contributed by atoms with Crippen molar-refractivity contribution in [1.29, 1.82) is 0 Å². The van der Waals surface area contributed by atoms with Gasteiger partial charge in [0.05, 0.1) is 17.7 Å². The third kappa shape index (κ3) is 3.97. The highest BCUT2D eigenvalue weighted by Crippen LogP contribution is 2.40. The number of rotatable bonds is 4. The molecule has 0 radical (unpaired) electrons. The van der Waals surface area contributed by atoms with Crippen LogP contribution in [0.4, 0.5) is 11.4 Å². The number of para-hydroxylation sites is 1. The molecule has 0 atom stereocenters. The van der Waals surface area contributed by atoms with Crippen molar-refractivity contribution in [2.24, 2.45) is 4.99 Å². The molecule has 150 valence electrons. The zero-order valence-electron chi connectivity index (χ0n) is 16.4. The zero-order valence-corrected chi connectivity index (χ0v) is 17.9. The van der Waals surface area contributed by atoms with Crippen LogP contribution in [0.5, 0.6) is 5.75 Å². The van der Waals surface area contributed by atoms with E-state index in [4.69, 9.17) is 16.3 Å². The van der Waals surface area contributed by atoms with E-state index in [1.165, 1.54) is 11.8 Å². The number of methoxy groups -OCH3 is 1. The molecule has 0 saturated carbocycles. The van der Waals surface area contributed by atoms with Crippen molar-refractivity contribution in [3.05, 3.63) is 88.5 Å². The minimum absolute atomic E-state index is 0.134. The summed E-state index contributed by atoms with van der Waals surface area (Å²) in [6.45, 7) is 1.93. The lowest BCUT2D eigenvalue weighted by Crippen LogP contribution is -2.28. The number of aromatic nitrogens is 1. The molecule has 2 aromatic carbocycles. The van der Waals surface area contributed by atoms with Gasteiger partial charge in [0.2, 0.25) is 0 Å². The van der Waals surface area contributed by atoms with Gasteiger partial charge in [0.1, 0.15) is 11.4 Å². The Morgan fingerprint density at radius 2 is 1.90 bits per heavy atom. The molecule has 2 heterocycles. The van der Waals surface area contributed by atoms with Gasteiger partial charge in [0.25, 0.3) is 5.91 Å². The molecule has 7 heteroatoms. The van der Waals surface area contributed by atoms with Gasteiger partial charge in [-0.05, 0) is 66.2 Å². The van der Waals surface area contributed by atoms with Gasteiger partial charge in [0, 0.05) is 6.20 Å². The van der Waals surface area contributed by atoms with Crippen molar-refractivity contribution < 1.29 is 9.53 Å². The molecule has 0 unspecified atom stereocenters. The number of hydrogen-bond donors (Lipinski definition) is 0. The highest BCUT2D eigenvalue weighted by Gasteiger charge is 2.36. The normalized spacial score (nSPS) is 16.8. The van der Waals surface area contributed by atoms with Gasteiger partial charge in [-0.2, -0.15) is 0 Å². The Kier molecular flexibility index (Phi) is 5.88. The van der Waals surface area contributed by atoms with E-state index in [-0.39, 0.29) is 11.1 Å². The number of amides is 1. The first-order chi connectivity index (χ1) is 14.6. The standard InChI is InChI=1S/C23H18ClN3O2S/c1-15(16-8-6-11-18(14-16)29-2)20-22(28)27(17-9-4-3-5-10-17)23(30-20)26-19-12-7-13-25-21(19)24/h3-14H,1-2H3/b20-15-,26-23?. The summed E-state index contributed by atoms with van der Waals surface area (Å²) in [5, 5.41) is 0.811. The molecular weight excluding hydrogens is 418 g/mol. The molecule has 1 aromatic heterocycles. The Balaban J connectivity index is 1.83. The van der Waals surface area contributed by atoms with Gasteiger partial charge in [-0.3, -0.25) is 9.69 Å². The molecule has 3 aromatic rings. The highest BCUT2D eigenvalue weighted by molar-refractivity contribution is 8.19. The van der Waals surface area contributed by atoms with Gasteiger partial charge in [-0.25, -0.2) is 9.98 Å². The molecule has 1 aliphatic heterocycles. The van der Waals surface area contributed by atoms with Gasteiger partial charge >= 0.3 is 0 Å². The molecule has 1 fully saturated rings. The molecule has 4 rings (SSSR count). The molecule has 0 spiro atoms. The van der Waals surface area contributed by atoms with Crippen LogP contribution in [0.2, 0.25) is 5.15 Å². The highest BCUT2D eigenvalue weighted by atomic mass is 35.5. The molecule has 5 nitrogen and oxygen atoms in total. The predicted octanol–water partition coefficient (Wildman–Crippen LogP) is 5.94. The van der Waals surface area contributed by atoms with Crippen molar-refractivity contribution in [2.75, 3.05) is 12.0 Å². The summed E-state index contributed by atoms with van der Waals surface area (Å²) in [6.07, 6.45) is 1.60. The number of hydrogen-bond acceptors (Lipinski definition) is 5. The van der Waals surface area contributed by atoms with Crippen molar-refractivity contribution >= 4 is 51.4 Å². The molecule has 0 N–H and O–H groups in total. The van der Waals surface area contributed by atoms with E-state index in [2.05, 4.69) is 9.98 Å². The largest absolute Gasteiger partial charge is 0.497 e. The van der Waals surface area contributed by atoms with Crippen LogP contribution in [0.1, 0.15) is 12.5 Å². The average Bonchev–Trinajstić information content (AvgIpc) is 3.11. The second-order valence-corrected chi connectivity index (χ2v) is 7.81.